The number of sulfonamides is 1. The first kappa shape index (κ1) is 29.4. The minimum atomic E-state index is -4.06. The van der Waals surface area contributed by atoms with Gasteiger partial charge in [-0.15, -0.1) is 0 Å². The lowest BCUT2D eigenvalue weighted by molar-refractivity contribution is 0.0563. The molecule has 1 amide bonds. The van der Waals surface area contributed by atoms with Gasteiger partial charge in [0.2, 0.25) is 16.8 Å². The Bertz CT molecular complexity index is 1670. The largest absolute Gasteiger partial charge is 0.487 e. The average molecular weight is 595 g/mol. The van der Waals surface area contributed by atoms with Crippen LogP contribution in [0.2, 0.25) is 0 Å². The molecule has 2 aliphatic rings. The Kier molecular flexibility index (Phi) is 8.41. The summed E-state index contributed by atoms with van der Waals surface area (Å²) in [5, 5.41) is 9.88. The van der Waals surface area contributed by atoms with Crippen LogP contribution in [0.4, 0.5) is 4.39 Å². The van der Waals surface area contributed by atoms with Crippen molar-refractivity contribution in [2.45, 2.75) is 30.9 Å². The molecule has 0 bridgehead atoms. The molecule has 0 spiro atoms. The van der Waals surface area contributed by atoms with Gasteiger partial charge in [0.15, 0.2) is 11.5 Å². The van der Waals surface area contributed by atoms with Gasteiger partial charge in [0.1, 0.15) is 22.6 Å². The minimum absolute atomic E-state index is 0.0611. The first-order chi connectivity index (χ1) is 20.1. The van der Waals surface area contributed by atoms with Crippen LogP contribution in [0.1, 0.15) is 35.3 Å². The molecule has 220 valence electrons. The summed E-state index contributed by atoms with van der Waals surface area (Å²) in [4.78, 5) is 14.8. The van der Waals surface area contributed by atoms with Crippen molar-refractivity contribution >= 4 is 15.9 Å². The predicted molar refractivity (Wildman–Crippen MR) is 152 cm³/mol. The quantitative estimate of drug-likeness (QED) is 0.451. The van der Waals surface area contributed by atoms with Gasteiger partial charge < -0.3 is 24.2 Å². The molecule has 0 fully saturated rings. The first-order valence-corrected chi connectivity index (χ1v) is 14.9. The number of hydrogen-bond acceptors (Lipinski definition) is 7. The van der Waals surface area contributed by atoms with Gasteiger partial charge in [-0.2, -0.15) is 4.31 Å². The number of hydrogen-bond donors (Lipinski definition) is 1. The molecule has 0 aromatic heterocycles. The van der Waals surface area contributed by atoms with Crippen LogP contribution in [0.15, 0.2) is 65.6 Å². The van der Waals surface area contributed by atoms with Crippen molar-refractivity contribution in [3.8, 4) is 29.1 Å². The second kappa shape index (κ2) is 12.0. The van der Waals surface area contributed by atoms with Gasteiger partial charge in [-0.25, -0.2) is 12.8 Å². The molecule has 11 heteroatoms. The van der Waals surface area contributed by atoms with Crippen LogP contribution >= 0.6 is 0 Å². The van der Waals surface area contributed by atoms with E-state index in [2.05, 4.69) is 11.8 Å². The summed E-state index contributed by atoms with van der Waals surface area (Å²) < 4.78 is 59.9. The van der Waals surface area contributed by atoms with E-state index in [4.69, 9.17) is 14.2 Å². The number of amides is 1. The van der Waals surface area contributed by atoms with Crippen LogP contribution in [0.3, 0.4) is 0 Å². The highest BCUT2D eigenvalue weighted by Crippen LogP contribution is 2.35. The van der Waals surface area contributed by atoms with Gasteiger partial charge in [-0.1, -0.05) is 30.9 Å². The molecule has 3 aromatic rings. The van der Waals surface area contributed by atoms with E-state index in [1.54, 1.807) is 50.4 Å². The molecule has 0 radical (unpaired) electrons. The average Bonchev–Trinajstić information content (AvgIpc) is 3.45. The highest BCUT2D eigenvalue weighted by Gasteiger charge is 2.38. The van der Waals surface area contributed by atoms with Crippen molar-refractivity contribution in [1.29, 1.82) is 0 Å². The maximum atomic E-state index is 14.1. The van der Waals surface area contributed by atoms with E-state index in [0.29, 0.717) is 22.6 Å². The third kappa shape index (κ3) is 5.92. The number of aliphatic hydroxyl groups excluding tert-OH is 1. The maximum Gasteiger partial charge on any atom is 0.253 e. The number of benzene rings is 3. The highest BCUT2D eigenvalue weighted by atomic mass is 32.2. The zero-order chi connectivity index (χ0) is 30.0. The molecule has 42 heavy (non-hydrogen) atoms. The van der Waals surface area contributed by atoms with Gasteiger partial charge in [-0.3, -0.25) is 4.79 Å². The smallest absolute Gasteiger partial charge is 0.253 e. The fourth-order valence-corrected chi connectivity index (χ4v) is 6.65. The lowest BCUT2D eigenvalue weighted by atomic mass is 10.0. The molecule has 0 saturated carbocycles. The molecule has 2 heterocycles. The van der Waals surface area contributed by atoms with Gasteiger partial charge >= 0.3 is 0 Å². The second-order valence-electron chi connectivity index (χ2n) is 10.4. The standard InChI is InChI=1S/C31H31FN2O7S/c1-20-16-34(21(2)18-35)42(37,38)30-13-9-22(8-10-23-6-4-5-7-25(23)32)14-28(30)41-29(20)17-33(3)31(36)24-11-12-26-27(15-24)40-19-39-26/h4-7,9,11-15,20-21,29,35H,16-19H2,1-3H3/t20-,21+,29-/m0/s1. The van der Waals surface area contributed by atoms with Crippen molar-refractivity contribution in [2.24, 2.45) is 5.92 Å². The summed E-state index contributed by atoms with van der Waals surface area (Å²) in [5.41, 5.74) is 1.03. The number of nitrogens with zero attached hydrogens (tertiary/aromatic N) is 2. The van der Waals surface area contributed by atoms with Gasteiger partial charge in [-0.05, 0) is 55.5 Å². The number of likely N-dealkylation sites (N-methyl/N-ethyl adjacent to an activating group) is 1. The number of fused-ring (bicyclic) bond motifs is 2. The Morgan fingerprint density at radius 1 is 1.10 bits per heavy atom. The van der Waals surface area contributed by atoms with Crippen LogP contribution < -0.4 is 14.2 Å². The molecule has 9 nitrogen and oxygen atoms in total. The maximum absolute atomic E-state index is 14.1. The number of aliphatic hydroxyl groups is 1. The molecule has 2 aliphatic heterocycles. The van der Waals surface area contributed by atoms with E-state index in [9.17, 15) is 22.7 Å². The third-order valence-electron chi connectivity index (χ3n) is 7.30. The number of rotatable bonds is 5. The highest BCUT2D eigenvalue weighted by molar-refractivity contribution is 7.89. The Morgan fingerprint density at radius 2 is 1.86 bits per heavy atom. The lowest BCUT2D eigenvalue weighted by Crippen LogP contribution is -2.50. The summed E-state index contributed by atoms with van der Waals surface area (Å²) in [6.07, 6.45) is -0.620. The van der Waals surface area contributed by atoms with E-state index in [1.165, 1.54) is 33.5 Å². The molecule has 0 unspecified atom stereocenters. The third-order valence-corrected chi connectivity index (χ3v) is 9.32. The molecular formula is C31H31FN2O7S. The van der Waals surface area contributed by atoms with Crippen LogP contribution in [-0.2, 0) is 10.0 Å². The first-order valence-electron chi connectivity index (χ1n) is 13.4. The Balaban J connectivity index is 1.48. The van der Waals surface area contributed by atoms with Gasteiger partial charge in [0, 0.05) is 36.7 Å². The van der Waals surface area contributed by atoms with Crippen molar-refractivity contribution < 1.29 is 36.9 Å². The topological polar surface area (TPSA) is 106 Å². The summed E-state index contributed by atoms with van der Waals surface area (Å²) in [6.45, 7) is 3.39. The Morgan fingerprint density at radius 3 is 2.62 bits per heavy atom. The number of halogens is 1. The van der Waals surface area contributed by atoms with Crippen molar-refractivity contribution in [2.75, 3.05) is 33.5 Å². The Labute approximate surface area is 244 Å². The zero-order valence-corrected chi connectivity index (χ0v) is 24.2. The molecule has 0 aliphatic carbocycles. The molecule has 0 saturated heterocycles. The molecule has 1 N–H and O–H groups in total. The summed E-state index contributed by atoms with van der Waals surface area (Å²) in [6, 6.07) is 14.8. The van der Waals surface area contributed by atoms with E-state index >= 15 is 0 Å². The monoisotopic (exact) mass is 594 g/mol. The fraction of sp³-hybridized carbons (Fsp3) is 0.323. The summed E-state index contributed by atoms with van der Waals surface area (Å²) >= 11 is 0. The van der Waals surface area contributed by atoms with E-state index in [0.717, 1.165) is 0 Å². The molecular weight excluding hydrogens is 563 g/mol. The van der Waals surface area contributed by atoms with Crippen LogP contribution in [0.25, 0.3) is 0 Å². The molecule has 3 aromatic carbocycles. The van der Waals surface area contributed by atoms with E-state index in [-0.39, 0.29) is 54.5 Å². The fourth-order valence-electron chi connectivity index (χ4n) is 4.83. The Hall–Kier alpha value is -4.11. The van der Waals surface area contributed by atoms with Gasteiger partial charge in [0.25, 0.3) is 5.91 Å². The van der Waals surface area contributed by atoms with Crippen LogP contribution in [-0.4, -0.2) is 74.3 Å². The molecule has 3 atom stereocenters. The van der Waals surface area contributed by atoms with Crippen LogP contribution in [0.5, 0.6) is 17.2 Å². The SMILES string of the molecule is C[C@H](CO)N1C[C@H](C)[C@H](CN(C)C(=O)c2ccc3c(c2)OCO3)Oc2cc(C#Cc3ccccc3F)ccc2S1(=O)=O. The second-order valence-corrected chi connectivity index (χ2v) is 12.2. The zero-order valence-electron chi connectivity index (χ0n) is 23.4. The van der Waals surface area contributed by atoms with Crippen LogP contribution in [0, 0.1) is 23.6 Å². The number of carbonyl (C=O) groups is 1. The van der Waals surface area contributed by atoms with Crippen molar-refractivity contribution in [3.05, 3.63) is 83.2 Å². The van der Waals surface area contributed by atoms with E-state index < -0.39 is 28.0 Å². The van der Waals surface area contributed by atoms with E-state index in [1.807, 2.05) is 6.92 Å². The van der Waals surface area contributed by atoms with Crippen molar-refractivity contribution in [1.82, 2.24) is 9.21 Å². The number of carbonyl (C=O) groups excluding carboxylic acids is 1. The summed E-state index contributed by atoms with van der Waals surface area (Å²) in [5.74, 6) is 5.66. The molecule has 5 rings (SSSR count). The number of ether oxygens (including phenoxy) is 3. The normalized spacial score (nSPS) is 19.7. The lowest BCUT2D eigenvalue weighted by Gasteiger charge is -2.37. The summed E-state index contributed by atoms with van der Waals surface area (Å²) in [7, 11) is -2.42. The predicted octanol–water partition coefficient (Wildman–Crippen LogP) is 3.50. The van der Waals surface area contributed by atoms with Crippen molar-refractivity contribution in [3.63, 3.8) is 0 Å². The minimum Gasteiger partial charge on any atom is -0.487 e. The van der Waals surface area contributed by atoms with Gasteiger partial charge in [0.05, 0.1) is 18.7 Å².